The van der Waals surface area contributed by atoms with Crippen LogP contribution >= 0.6 is 0 Å². The number of aryl methyl sites for hydroxylation is 2. The molecule has 2 rings (SSSR count). The molecule has 1 aliphatic rings. The molecule has 1 N–H and O–H groups in total. The largest absolute Gasteiger partial charge is 0.467 e. The van der Waals surface area contributed by atoms with Crippen molar-refractivity contribution in [2.45, 2.75) is 39.7 Å². The summed E-state index contributed by atoms with van der Waals surface area (Å²) in [6, 6.07) is 0.679. The van der Waals surface area contributed by atoms with Crippen molar-refractivity contribution in [2.75, 3.05) is 20.2 Å². The van der Waals surface area contributed by atoms with Gasteiger partial charge in [-0.15, -0.1) is 0 Å². The molecular weight excluding hydrogens is 340 g/mol. The number of nitrogens with one attached hydrogen (secondary N) is 1. The maximum atomic E-state index is 12.9. The number of amides is 2. The maximum absolute atomic E-state index is 12.9. The summed E-state index contributed by atoms with van der Waals surface area (Å²) < 4.78 is 9.97. The number of methoxy groups -OCH3 is 1. The second-order valence-electron chi connectivity index (χ2n) is 6.77. The van der Waals surface area contributed by atoms with Crippen LogP contribution in [0.5, 0.6) is 0 Å². The van der Waals surface area contributed by atoms with Crippen LogP contribution in [0.1, 0.15) is 41.9 Å². The molecule has 8 heteroatoms. The molecule has 0 radical (unpaired) electrons. The van der Waals surface area contributed by atoms with Crippen LogP contribution in [-0.2, 0) is 20.7 Å². The number of hydrogen-bond acceptors (Lipinski definition) is 6. The molecule has 1 aromatic rings. The third kappa shape index (κ3) is 4.30. The lowest BCUT2D eigenvalue weighted by molar-refractivity contribution is -0.147. The van der Waals surface area contributed by atoms with E-state index < -0.39 is 29.5 Å². The number of esters is 1. The smallest absolute Gasteiger partial charge is 0.349 e. The minimum atomic E-state index is -0.982. The van der Waals surface area contributed by atoms with Gasteiger partial charge in [-0.1, -0.05) is 13.8 Å². The normalized spacial score (nSPS) is 17.2. The zero-order valence-corrected chi connectivity index (χ0v) is 15.5. The zero-order chi connectivity index (χ0) is 19.4. The molecule has 1 aromatic heterocycles. The van der Waals surface area contributed by atoms with Gasteiger partial charge in [0, 0.05) is 13.0 Å². The minimum Gasteiger partial charge on any atom is -0.467 e. The highest BCUT2D eigenvalue weighted by Crippen LogP contribution is 2.16. The molecule has 1 aliphatic heterocycles. The highest BCUT2D eigenvalue weighted by molar-refractivity contribution is 6.00. The van der Waals surface area contributed by atoms with Crippen LogP contribution in [-0.4, -0.2) is 48.9 Å². The van der Waals surface area contributed by atoms with Gasteiger partial charge in [0.1, 0.15) is 23.9 Å². The van der Waals surface area contributed by atoms with Gasteiger partial charge in [-0.2, -0.15) is 0 Å². The van der Waals surface area contributed by atoms with Gasteiger partial charge < -0.3 is 19.4 Å². The van der Waals surface area contributed by atoms with Crippen LogP contribution in [0.4, 0.5) is 0 Å². The molecule has 0 saturated carbocycles. The molecule has 142 valence electrons. The Balaban J connectivity index is 2.33. The second-order valence-corrected chi connectivity index (χ2v) is 6.77. The Bertz CT molecular complexity index is 767. The summed E-state index contributed by atoms with van der Waals surface area (Å²) in [6.07, 6.45) is 1.45. The van der Waals surface area contributed by atoms with E-state index in [9.17, 15) is 19.2 Å². The summed E-state index contributed by atoms with van der Waals surface area (Å²) >= 11 is 0. The molecule has 0 spiro atoms. The average Bonchev–Trinajstić information content (AvgIpc) is 2.58. The third-order valence-electron chi connectivity index (χ3n) is 4.30. The van der Waals surface area contributed by atoms with Crippen LogP contribution in [0.3, 0.4) is 0 Å². The van der Waals surface area contributed by atoms with Crippen molar-refractivity contribution in [2.24, 2.45) is 5.92 Å². The minimum absolute atomic E-state index is 0.0614. The van der Waals surface area contributed by atoms with E-state index in [1.165, 1.54) is 7.11 Å². The number of ether oxygens (including phenoxy) is 1. The summed E-state index contributed by atoms with van der Waals surface area (Å²) in [6.45, 7) is 5.38. The van der Waals surface area contributed by atoms with Crippen molar-refractivity contribution in [1.29, 1.82) is 0 Å². The number of carbonyl (C=O) groups is 3. The SMILES string of the molecule is COC(=O)C1CNC(=O)CN1C(=O)c1c(C)cc(CCC(C)C)oc1=O. The van der Waals surface area contributed by atoms with E-state index in [0.29, 0.717) is 23.7 Å². The summed E-state index contributed by atoms with van der Waals surface area (Å²) in [5.41, 5.74) is -0.468. The zero-order valence-electron chi connectivity index (χ0n) is 15.5. The molecule has 0 bridgehead atoms. The molecule has 1 atom stereocenters. The first-order valence-electron chi connectivity index (χ1n) is 8.53. The summed E-state index contributed by atoms with van der Waals surface area (Å²) in [7, 11) is 1.20. The first-order valence-corrected chi connectivity index (χ1v) is 8.53. The maximum Gasteiger partial charge on any atom is 0.349 e. The fourth-order valence-electron chi connectivity index (χ4n) is 2.83. The van der Waals surface area contributed by atoms with Crippen molar-refractivity contribution in [3.8, 4) is 0 Å². The van der Waals surface area contributed by atoms with Gasteiger partial charge in [0.05, 0.1) is 7.11 Å². The number of hydrogen-bond donors (Lipinski definition) is 1. The Hall–Kier alpha value is -2.64. The molecule has 1 unspecified atom stereocenters. The predicted molar refractivity (Wildman–Crippen MR) is 92.7 cm³/mol. The predicted octanol–water partition coefficient (Wildman–Crippen LogP) is 0.650. The lowest BCUT2D eigenvalue weighted by Crippen LogP contribution is -2.60. The Kier molecular flexibility index (Phi) is 6.18. The van der Waals surface area contributed by atoms with Gasteiger partial charge in [0.2, 0.25) is 5.91 Å². The van der Waals surface area contributed by atoms with Crippen LogP contribution < -0.4 is 10.9 Å². The third-order valence-corrected chi connectivity index (χ3v) is 4.30. The lowest BCUT2D eigenvalue weighted by Gasteiger charge is -2.33. The fourth-order valence-corrected chi connectivity index (χ4v) is 2.83. The molecule has 0 aromatic carbocycles. The van der Waals surface area contributed by atoms with E-state index in [0.717, 1.165) is 11.3 Å². The van der Waals surface area contributed by atoms with Crippen LogP contribution in [0.25, 0.3) is 0 Å². The highest BCUT2D eigenvalue weighted by atomic mass is 16.5. The summed E-state index contributed by atoms with van der Waals surface area (Å²) in [5, 5.41) is 2.51. The van der Waals surface area contributed by atoms with E-state index >= 15 is 0 Å². The first kappa shape index (κ1) is 19.7. The van der Waals surface area contributed by atoms with E-state index in [4.69, 9.17) is 4.42 Å². The number of carbonyl (C=O) groups excluding carboxylic acids is 3. The van der Waals surface area contributed by atoms with E-state index in [-0.39, 0.29) is 18.7 Å². The molecule has 2 amide bonds. The molecule has 0 aliphatic carbocycles. The van der Waals surface area contributed by atoms with Gasteiger partial charge >= 0.3 is 11.6 Å². The average molecular weight is 364 g/mol. The molecule has 26 heavy (non-hydrogen) atoms. The summed E-state index contributed by atoms with van der Waals surface area (Å²) in [5.74, 6) is -0.812. The molecule has 2 heterocycles. The van der Waals surface area contributed by atoms with Crippen molar-refractivity contribution < 1.29 is 23.5 Å². The van der Waals surface area contributed by atoms with E-state index in [1.807, 2.05) is 0 Å². The molecule has 1 saturated heterocycles. The lowest BCUT2D eigenvalue weighted by atomic mass is 10.0. The molecule has 8 nitrogen and oxygen atoms in total. The Morgan fingerprint density at radius 1 is 1.38 bits per heavy atom. The van der Waals surface area contributed by atoms with Crippen molar-refractivity contribution >= 4 is 17.8 Å². The first-order chi connectivity index (χ1) is 12.2. The fraction of sp³-hybridized carbons (Fsp3) is 0.556. The van der Waals surface area contributed by atoms with Crippen LogP contribution in [0.15, 0.2) is 15.3 Å². The number of nitrogens with zero attached hydrogens (tertiary/aromatic N) is 1. The van der Waals surface area contributed by atoms with Crippen molar-refractivity contribution in [1.82, 2.24) is 10.2 Å². The standard InChI is InChI=1S/C18H24N2O6/c1-10(2)5-6-12-7-11(3)15(18(24)26-12)16(22)20-9-14(21)19-8-13(20)17(23)25-4/h7,10,13H,5-6,8-9H2,1-4H3,(H,19,21). The molecular formula is C18H24N2O6. The van der Waals surface area contributed by atoms with Gasteiger partial charge in [-0.05, 0) is 30.9 Å². The van der Waals surface area contributed by atoms with Crippen LogP contribution in [0.2, 0.25) is 0 Å². The van der Waals surface area contributed by atoms with Gasteiger partial charge in [0.15, 0.2) is 0 Å². The Labute approximate surface area is 151 Å². The van der Waals surface area contributed by atoms with Crippen molar-refractivity contribution in [3.05, 3.63) is 33.4 Å². The van der Waals surface area contributed by atoms with Gasteiger partial charge in [-0.3, -0.25) is 9.59 Å². The summed E-state index contributed by atoms with van der Waals surface area (Å²) in [4.78, 5) is 49.9. The van der Waals surface area contributed by atoms with Gasteiger partial charge in [-0.25, -0.2) is 9.59 Å². The highest BCUT2D eigenvalue weighted by Gasteiger charge is 2.38. The van der Waals surface area contributed by atoms with Gasteiger partial charge in [0.25, 0.3) is 5.91 Å². The van der Waals surface area contributed by atoms with Crippen molar-refractivity contribution in [3.63, 3.8) is 0 Å². The second kappa shape index (κ2) is 8.16. The Morgan fingerprint density at radius 3 is 2.65 bits per heavy atom. The Morgan fingerprint density at radius 2 is 2.08 bits per heavy atom. The van der Waals surface area contributed by atoms with Crippen LogP contribution in [0, 0.1) is 12.8 Å². The topological polar surface area (TPSA) is 106 Å². The van der Waals surface area contributed by atoms with E-state index in [2.05, 4.69) is 23.9 Å². The number of rotatable bonds is 5. The monoisotopic (exact) mass is 364 g/mol. The quantitative estimate of drug-likeness (QED) is 0.769. The van der Waals surface area contributed by atoms with E-state index in [1.54, 1.807) is 13.0 Å². The number of piperazine rings is 1. The molecule has 1 fully saturated rings.